The largest absolute Gasteiger partial charge is 0.366 e. The summed E-state index contributed by atoms with van der Waals surface area (Å²) in [7, 11) is 0.552. The van der Waals surface area contributed by atoms with E-state index in [2.05, 4.69) is 13.2 Å². The normalized spacial score (nSPS) is 13.1. The van der Waals surface area contributed by atoms with Crippen molar-refractivity contribution in [1.82, 2.24) is 5.32 Å². The van der Waals surface area contributed by atoms with Gasteiger partial charge >= 0.3 is 48.1 Å². The Morgan fingerprint density at radius 3 is 1.57 bits per heavy atom. The third kappa shape index (κ3) is 11.8. The molecule has 0 aromatic rings. The quantitative estimate of drug-likeness (QED) is 0.406. The fourth-order valence-electron chi connectivity index (χ4n) is 0.398. The van der Waals surface area contributed by atoms with E-state index in [1.807, 2.05) is 6.92 Å². The van der Waals surface area contributed by atoms with Crippen molar-refractivity contribution in [2.45, 2.75) is 20.8 Å². The SMILES string of the molecule is CCP(O)(O)(O)CC.[B]C(=O)NCC. The van der Waals surface area contributed by atoms with Gasteiger partial charge in [-0.3, -0.25) is 4.79 Å². The van der Waals surface area contributed by atoms with Gasteiger partial charge in [-0.15, -0.1) is 0 Å². The molecule has 0 aliphatic rings. The van der Waals surface area contributed by atoms with E-state index in [4.69, 9.17) is 14.7 Å². The second-order valence-corrected chi connectivity index (χ2v) is 6.81. The van der Waals surface area contributed by atoms with Crippen LogP contribution in [-0.4, -0.2) is 47.2 Å². The number of hydrogen-bond acceptors (Lipinski definition) is 4. The summed E-state index contributed by atoms with van der Waals surface area (Å²) >= 11 is 0. The molecular formula is C7H19BNO4P. The molecule has 84 valence electrons. The van der Waals surface area contributed by atoms with Crippen molar-refractivity contribution in [3.8, 4) is 0 Å². The van der Waals surface area contributed by atoms with Crippen LogP contribution in [0, 0.1) is 0 Å². The predicted molar refractivity (Wildman–Crippen MR) is 59.5 cm³/mol. The van der Waals surface area contributed by atoms with Crippen molar-refractivity contribution in [3.05, 3.63) is 0 Å². The van der Waals surface area contributed by atoms with Crippen LogP contribution >= 0.6 is 7.28 Å². The Bertz CT molecular complexity index is 172. The molecule has 0 saturated heterocycles. The molecule has 0 unspecified atom stereocenters. The van der Waals surface area contributed by atoms with Crippen molar-refractivity contribution < 1.29 is 19.5 Å². The zero-order valence-electron chi connectivity index (χ0n) is 8.90. The summed E-state index contributed by atoms with van der Waals surface area (Å²) in [6.45, 7) is 5.53. The summed E-state index contributed by atoms with van der Waals surface area (Å²) in [5, 5.41) is 2.35. The molecule has 1 amide bonds. The van der Waals surface area contributed by atoms with Crippen LogP contribution in [0.3, 0.4) is 0 Å². The van der Waals surface area contributed by atoms with Gasteiger partial charge in [-0.05, 0) is 6.92 Å². The number of amides is 1. The number of rotatable bonds is 3. The molecule has 0 rings (SSSR count). The molecule has 14 heavy (non-hydrogen) atoms. The maximum Gasteiger partial charge on any atom is 0.200 e. The van der Waals surface area contributed by atoms with Crippen LogP contribution in [-0.2, 0) is 0 Å². The molecule has 4 N–H and O–H groups in total. The Balaban J connectivity index is 0. The first-order valence-corrected chi connectivity index (χ1v) is 6.92. The molecule has 0 fully saturated rings. The Morgan fingerprint density at radius 1 is 1.21 bits per heavy atom. The van der Waals surface area contributed by atoms with Crippen molar-refractivity contribution in [1.29, 1.82) is 0 Å². The topological polar surface area (TPSA) is 89.8 Å². The van der Waals surface area contributed by atoms with Gasteiger partial charge in [-0.25, -0.2) is 0 Å². The maximum atomic E-state index is 9.71. The van der Waals surface area contributed by atoms with Gasteiger partial charge in [-0.1, -0.05) is 0 Å². The van der Waals surface area contributed by atoms with E-state index in [-0.39, 0.29) is 12.3 Å². The Kier molecular flexibility index (Phi) is 7.39. The average molecular weight is 223 g/mol. The summed E-state index contributed by atoms with van der Waals surface area (Å²) in [5.74, 6) is -0.461. The van der Waals surface area contributed by atoms with Gasteiger partial charge in [0.15, 0.2) is 13.7 Å². The summed E-state index contributed by atoms with van der Waals surface area (Å²) in [6.07, 6.45) is 0.115. The van der Waals surface area contributed by atoms with Gasteiger partial charge in [0.1, 0.15) is 0 Å². The molecule has 0 bridgehead atoms. The molecule has 0 heterocycles. The number of nitrogens with one attached hydrogen (secondary N) is 1. The molecule has 0 saturated carbocycles. The summed E-state index contributed by atoms with van der Waals surface area (Å²) in [6, 6.07) is 0. The minimum absolute atomic E-state index is 0.0576. The molecule has 0 aromatic carbocycles. The minimum atomic E-state index is -4.10. The zero-order valence-corrected chi connectivity index (χ0v) is 9.79. The van der Waals surface area contributed by atoms with E-state index in [1.165, 1.54) is 0 Å². The second kappa shape index (κ2) is 6.35. The molecule has 5 nitrogen and oxygen atoms in total. The van der Waals surface area contributed by atoms with E-state index in [9.17, 15) is 4.79 Å². The van der Waals surface area contributed by atoms with Crippen LogP contribution in [0.1, 0.15) is 20.8 Å². The van der Waals surface area contributed by atoms with E-state index in [0.29, 0.717) is 6.54 Å². The molecule has 2 radical (unpaired) electrons. The van der Waals surface area contributed by atoms with Gasteiger partial charge < -0.3 is 5.32 Å². The van der Waals surface area contributed by atoms with E-state index >= 15 is 0 Å². The van der Waals surface area contributed by atoms with Gasteiger partial charge in [0.2, 0.25) is 0 Å². The Labute approximate surface area is 86.1 Å². The molecule has 0 aliphatic heterocycles. The van der Waals surface area contributed by atoms with Crippen molar-refractivity contribution in [3.63, 3.8) is 0 Å². The Hall–Kier alpha value is -0.155. The molecule has 0 aromatic heterocycles. The first kappa shape index (κ1) is 16.3. The first-order chi connectivity index (χ1) is 6.16. The van der Waals surface area contributed by atoms with E-state index in [1.54, 1.807) is 13.8 Å². The van der Waals surface area contributed by atoms with Crippen molar-refractivity contribution in [2.75, 3.05) is 18.9 Å². The summed E-state index contributed by atoms with van der Waals surface area (Å²) in [4.78, 5) is 36.2. The smallest absolute Gasteiger partial charge is 0.200 e. The first-order valence-electron chi connectivity index (χ1n) is 4.45. The van der Waals surface area contributed by atoms with E-state index < -0.39 is 13.1 Å². The average Bonchev–Trinajstić information content (AvgIpc) is 2.05. The number of hydrogen-bond donors (Lipinski definition) is 4. The predicted octanol–water partition coefficient (Wildman–Crippen LogP) is 0.186. The van der Waals surface area contributed by atoms with Crippen LogP contribution in [0.5, 0.6) is 0 Å². The van der Waals surface area contributed by atoms with Crippen LogP contribution in [0.2, 0.25) is 0 Å². The Morgan fingerprint density at radius 2 is 1.57 bits per heavy atom. The standard InChI is InChI=1S/C4H13O3P.C3H6BNO/c1-3-8(5,6,7)4-2;1-2-5-3(4)6/h5-7H,3-4H2,1-2H3;2H2,1H3,(H,5,6). The third-order valence-electron chi connectivity index (χ3n) is 1.65. The maximum absolute atomic E-state index is 9.71. The monoisotopic (exact) mass is 223 g/mol. The fourth-order valence-corrected chi connectivity index (χ4v) is 0.845. The molecule has 0 spiro atoms. The van der Waals surface area contributed by atoms with Crippen LogP contribution in [0.4, 0.5) is 4.79 Å². The molecule has 0 aliphatic carbocycles. The third-order valence-corrected chi connectivity index (χ3v) is 4.24. The van der Waals surface area contributed by atoms with E-state index in [0.717, 1.165) is 0 Å². The minimum Gasteiger partial charge on any atom is -0.366 e. The van der Waals surface area contributed by atoms with Gasteiger partial charge in [0.25, 0.3) is 0 Å². The second-order valence-electron chi connectivity index (χ2n) is 2.87. The van der Waals surface area contributed by atoms with Crippen molar-refractivity contribution >= 4 is 20.9 Å². The van der Waals surface area contributed by atoms with Gasteiger partial charge in [0, 0.05) is 6.54 Å². The number of carbonyl (C=O) groups is 1. The van der Waals surface area contributed by atoms with Crippen LogP contribution in [0.25, 0.3) is 0 Å². The van der Waals surface area contributed by atoms with Crippen molar-refractivity contribution in [2.24, 2.45) is 0 Å². The molecule has 7 heteroatoms. The summed E-state index contributed by atoms with van der Waals surface area (Å²) < 4.78 is 0. The molecular weight excluding hydrogens is 204 g/mol. The van der Waals surface area contributed by atoms with Gasteiger partial charge in [-0.2, -0.15) is 0 Å². The summed E-state index contributed by atoms with van der Waals surface area (Å²) in [5.41, 5.74) is 0. The van der Waals surface area contributed by atoms with Crippen LogP contribution < -0.4 is 5.32 Å². The molecule has 0 atom stereocenters. The fraction of sp³-hybridized carbons (Fsp3) is 0.857. The van der Waals surface area contributed by atoms with Gasteiger partial charge in [0.05, 0.1) is 0 Å². The van der Waals surface area contributed by atoms with Crippen LogP contribution in [0.15, 0.2) is 0 Å². The number of carbonyl (C=O) groups excluding carboxylic acids is 1. The zero-order chi connectivity index (χ0) is 11.9.